The molecule has 41 heavy (non-hydrogen) atoms. The van der Waals surface area contributed by atoms with Gasteiger partial charge in [0.15, 0.2) is 16.1 Å². The number of sulfonamides is 1. The second-order valence-corrected chi connectivity index (χ2v) is 11.9. The fourth-order valence-electron chi connectivity index (χ4n) is 3.75. The number of nitrogens with one attached hydrogen (secondary N) is 2. The first-order valence-corrected chi connectivity index (χ1v) is 15.4. The largest absolute Gasteiger partial charge is 0.497 e. The van der Waals surface area contributed by atoms with Crippen molar-refractivity contribution in [2.75, 3.05) is 30.0 Å². The Labute approximate surface area is 244 Å². The Morgan fingerprint density at radius 2 is 1.59 bits per heavy atom. The number of thioether (sulfide) groups is 1. The highest BCUT2D eigenvalue weighted by molar-refractivity contribution is 7.99. The fraction of sp³-hybridized carbons (Fsp3) is 0.111. The number of nitrogens with zero attached hydrogens (tertiary/aromatic N) is 4. The maximum atomic E-state index is 12.8. The van der Waals surface area contributed by atoms with E-state index in [0.717, 1.165) is 17.0 Å². The SMILES string of the molecule is COc1ccc(-c2nnc(SCC(=O)Nc3ccc(S(=O)(=O)Nc4nccs4)cc3)n2-c2ccc(OC)cc2)cc1. The molecule has 0 radical (unpaired) electrons. The van der Waals surface area contributed by atoms with Crippen LogP contribution in [0.2, 0.25) is 0 Å². The van der Waals surface area contributed by atoms with Crippen molar-refractivity contribution in [2.45, 2.75) is 10.1 Å². The van der Waals surface area contributed by atoms with Crippen LogP contribution in [0.5, 0.6) is 11.5 Å². The van der Waals surface area contributed by atoms with Crippen LogP contribution in [0.4, 0.5) is 10.8 Å². The summed E-state index contributed by atoms with van der Waals surface area (Å²) in [4.78, 5) is 16.8. The molecule has 0 spiro atoms. The highest BCUT2D eigenvalue weighted by Crippen LogP contribution is 2.30. The molecule has 0 bridgehead atoms. The Morgan fingerprint density at radius 1 is 0.927 bits per heavy atom. The van der Waals surface area contributed by atoms with Crippen molar-refractivity contribution in [3.63, 3.8) is 0 Å². The second-order valence-electron chi connectivity index (χ2n) is 8.37. The Hall–Kier alpha value is -4.40. The van der Waals surface area contributed by atoms with Crippen molar-refractivity contribution in [1.29, 1.82) is 0 Å². The zero-order valence-corrected chi connectivity index (χ0v) is 24.3. The van der Waals surface area contributed by atoms with Gasteiger partial charge in [-0.3, -0.25) is 14.1 Å². The van der Waals surface area contributed by atoms with Gasteiger partial charge in [-0.2, -0.15) is 0 Å². The van der Waals surface area contributed by atoms with Crippen LogP contribution in [0.3, 0.4) is 0 Å². The maximum Gasteiger partial charge on any atom is 0.263 e. The van der Waals surface area contributed by atoms with Gasteiger partial charge in [-0.1, -0.05) is 11.8 Å². The number of ether oxygens (including phenoxy) is 2. The summed E-state index contributed by atoms with van der Waals surface area (Å²) >= 11 is 2.40. The Balaban J connectivity index is 1.30. The number of aromatic nitrogens is 4. The first-order chi connectivity index (χ1) is 19.9. The van der Waals surface area contributed by atoms with Crippen LogP contribution in [0, 0.1) is 0 Å². The summed E-state index contributed by atoms with van der Waals surface area (Å²) in [6.45, 7) is 0. The molecule has 0 aliphatic carbocycles. The van der Waals surface area contributed by atoms with Crippen molar-refractivity contribution < 1.29 is 22.7 Å². The summed E-state index contributed by atoms with van der Waals surface area (Å²) in [6.07, 6.45) is 1.51. The summed E-state index contributed by atoms with van der Waals surface area (Å²) in [6, 6.07) is 20.8. The quantitative estimate of drug-likeness (QED) is 0.200. The average Bonchev–Trinajstić information content (AvgIpc) is 3.66. The van der Waals surface area contributed by atoms with Gasteiger partial charge in [-0.05, 0) is 72.8 Å². The van der Waals surface area contributed by atoms with E-state index in [9.17, 15) is 13.2 Å². The van der Waals surface area contributed by atoms with Gasteiger partial charge in [0.25, 0.3) is 10.0 Å². The number of benzene rings is 3. The second kappa shape index (κ2) is 12.4. The molecule has 14 heteroatoms. The third-order valence-corrected chi connectivity index (χ3v) is 8.85. The smallest absolute Gasteiger partial charge is 0.263 e. The number of amides is 1. The number of carbonyl (C=O) groups is 1. The molecule has 2 aromatic heterocycles. The minimum atomic E-state index is -3.79. The summed E-state index contributed by atoms with van der Waals surface area (Å²) in [5.41, 5.74) is 2.08. The topological polar surface area (TPSA) is 137 Å². The first kappa shape index (κ1) is 28.1. The zero-order chi connectivity index (χ0) is 28.8. The monoisotopic (exact) mass is 608 g/mol. The number of thiazole rings is 1. The van der Waals surface area contributed by atoms with E-state index >= 15 is 0 Å². The van der Waals surface area contributed by atoms with E-state index in [0.29, 0.717) is 22.4 Å². The van der Waals surface area contributed by atoms with Crippen LogP contribution in [-0.4, -0.2) is 54.0 Å². The number of anilines is 2. The highest BCUT2D eigenvalue weighted by atomic mass is 32.2. The van der Waals surface area contributed by atoms with Crippen LogP contribution in [0.1, 0.15) is 0 Å². The lowest BCUT2D eigenvalue weighted by atomic mass is 10.2. The molecular weight excluding hydrogens is 585 g/mol. The molecule has 5 aromatic rings. The van der Waals surface area contributed by atoms with Crippen molar-refractivity contribution in [3.05, 3.63) is 84.4 Å². The van der Waals surface area contributed by atoms with Crippen molar-refractivity contribution in [2.24, 2.45) is 0 Å². The van der Waals surface area contributed by atoms with Gasteiger partial charge >= 0.3 is 0 Å². The summed E-state index contributed by atoms with van der Waals surface area (Å²) in [7, 11) is -0.584. The van der Waals surface area contributed by atoms with Crippen LogP contribution in [0.15, 0.2) is 94.4 Å². The van der Waals surface area contributed by atoms with E-state index in [2.05, 4.69) is 25.2 Å². The van der Waals surface area contributed by atoms with E-state index in [1.54, 1.807) is 19.6 Å². The van der Waals surface area contributed by atoms with Crippen LogP contribution in [-0.2, 0) is 14.8 Å². The third-order valence-electron chi connectivity index (χ3n) is 5.75. The number of rotatable bonds is 11. The maximum absolute atomic E-state index is 12.8. The molecule has 3 aromatic carbocycles. The van der Waals surface area contributed by atoms with E-state index in [1.807, 2.05) is 53.1 Å². The molecule has 0 aliphatic heterocycles. The molecule has 210 valence electrons. The standard InChI is InChI=1S/C27H24N6O5S3/c1-37-21-9-3-18(4-10-21)25-30-31-27(33(25)20-7-11-22(38-2)12-8-20)40-17-24(34)29-19-5-13-23(14-6-19)41(35,36)32-26-28-15-16-39-26/h3-16H,17H2,1-2H3,(H,28,32)(H,29,34). The minimum absolute atomic E-state index is 0.0442. The molecule has 2 N–H and O–H groups in total. The molecule has 0 aliphatic rings. The number of carbonyl (C=O) groups excluding carboxylic acids is 1. The number of hydrogen-bond donors (Lipinski definition) is 2. The molecule has 5 rings (SSSR count). The van der Waals surface area contributed by atoms with Gasteiger partial charge in [0.1, 0.15) is 11.5 Å². The predicted molar refractivity (Wildman–Crippen MR) is 159 cm³/mol. The minimum Gasteiger partial charge on any atom is -0.497 e. The van der Waals surface area contributed by atoms with Crippen LogP contribution >= 0.6 is 23.1 Å². The average molecular weight is 609 g/mol. The molecule has 0 unspecified atom stereocenters. The van der Waals surface area contributed by atoms with Crippen molar-refractivity contribution >= 4 is 49.8 Å². The Morgan fingerprint density at radius 3 is 2.20 bits per heavy atom. The summed E-state index contributed by atoms with van der Waals surface area (Å²) in [5, 5.41) is 14.0. The van der Waals surface area contributed by atoms with Gasteiger partial charge < -0.3 is 14.8 Å². The lowest BCUT2D eigenvalue weighted by Gasteiger charge is -2.12. The van der Waals surface area contributed by atoms with Gasteiger partial charge in [0.05, 0.1) is 24.9 Å². The Bertz CT molecular complexity index is 1720. The molecule has 0 saturated carbocycles. The van der Waals surface area contributed by atoms with Crippen molar-refractivity contribution in [1.82, 2.24) is 19.7 Å². The molecule has 2 heterocycles. The lowest BCUT2D eigenvalue weighted by Crippen LogP contribution is -2.15. The van der Waals surface area contributed by atoms with E-state index in [1.165, 1.54) is 53.6 Å². The Kier molecular flexibility index (Phi) is 8.52. The van der Waals surface area contributed by atoms with Crippen LogP contribution < -0.4 is 19.5 Å². The molecule has 0 fully saturated rings. The fourth-order valence-corrected chi connectivity index (χ4v) is 6.29. The zero-order valence-electron chi connectivity index (χ0n) is 21.8. The van der Waals surface area contributed by atoms with E-state index < -0.39 is 10.0 Å². The molecule has 0 saturated heterocycles. The van der Waals surface area contributed by atoms with Gasteiger partial charge in [-0.15, -0.1) is 21.5 Å². The summed E-state index contributed by atoms with van der Waals surface area (Å²) in [5.74, 6) is 1.78. The van der Waals surface area contributed by atoms with Crippen molar-refractivity contribution in [3.8, 4) is 28.6 Å². The predicted octanol–water partition coefficient (Wildman–Crippen LogP) is 4.94. The molecule has 1 amide bonds. The normalized spacial score (nSPS) is 11.2. The lowest BCUT2D eigenvalue weighted by molar-refractivity contribution is -0.113. The van der Waals surface area contributed by atoms with Gasteiger partial charge in [-0.25, -0.2) is 13.4 Å². The van der Waals surface area contributed by atoms with Crippen LogP contribution in [0.25, 0.3) is 17.1 Å². The molecule has 11 nitrogen and oxygen atoms in total. The van der Waals surface area contributed by atoms with E-state index in [-0.39, 0.29) is 21.7 Å². The first-order valence-electron chi connectivity index (χ1n) is 12.1. The number of hydrogen-bond acceptors (Lipinski definition) is 10. The number of methoxy groups -OCH3 is 2. The van der Waals surface area contributed by atoms with Gasteiger partial charge in [0, 0.05) is 28.5 Å². The molecule has 0 atom stereocenters. The van der Waals surface area contributed by atoms with Gasteiger partial charge in [0.2, 0.25) is 5.91 Å². The summed E-state index contributed by atoms with van der Waals surface area (Å²) < 4.78 is 39.9. The third kappa shape index (κ3) is 6.67. The molecular formula is C27H24N6O5S3. The van der Waals surface area contributed by atoms with E-state index in [4.69, 9.17) is 9.47 Å². The highest BCUT2D eigenvalue weighted by Gasteiger charge is 2.19.